The second kappa shape index (κ2) is 9.96. The third kappa shape index (κ3) is 4.75. The van der Waals surface area contributed by atoms with Crippen molar-refractivity contribution in [2.24, 2.45) is 0 Å². The number of fused-ring (bicyclic) bond motifs is 1. The van der Waals surface area contributed by atoms with Crippen LogP contribution in [0.5, 0.6) is 0 Å². The molecule has 1 aliphatic rings. The summed E-state index contributed by atoms with van der Waals surface area (Å²) in [6, 6.07) is 12.4. The standard InChI is InChI=1S/C26H19ClF2N4O3/c27-18-6-4-16(12-19(18)28)26(35)32-21-3-1-2-17(24(21)29)25(34)15-5-7-20-22(13-15)31-23(14-30-20)33-8-10-36-11-9-33/h1-7,12-14H,8-11H2,(H,32,35). The molecule has 0 atom stereocenters. The van der Waals surface area contributed by atoms with Crippen LogP contribution < -0.4 is 10.2 Å². The van der Waals surface area contributed by atoms with E-state index in [1.807, 2.05) is 4.90 Å². The Morgan fingerprint density at radius 1 is 0.972 bits per heavy atom. The molecule has 1 N–H and O–H groups in total. The predicted octanol–water partition coefficient (Wildman–Crippen LogP) is 4.88. The first-order chi connectivity index (χ1) is 17.4. The third-order valence-electron chi connectivity index (χ3n) is 5.80. The number of carbonyl (C=O) groups is 2. The third-order valence-corrected chi connectivity index (χ3v) is 6.11. The van der Waals surface area contributed by atoms with Crippen LogP contribution in [0.4, 0.5) is 20.3 Å². The SMILES string of the molecule is O=C(Nc1cccc(C(=O)c2ccc3ncc(N4CCOCC4)nc3c2)c1F)c1ccc(Cl)c(F)c1. The highest BCUT2D eigenvalue weighted by Crippen LogP contribution is 2.24. The van der Waals surface area contributed by atoms with Gasteiger partial charge in [0.2, 0.25) is 0 Å². The van der Waals surface area contributed by atoms with E-state index in [-0.39, 0.29) is 27.4 Å². The first kappa shape index (κ1) is 23.8. The van der Waals surface area contributed by atoms with Gasteiger partial charge in [0.1, 0.15) is 11.6 Å². The summed E-state index contributed by atoms with van der Waals surface area (Å²) in [5.74, 6) is -2.33. The molecule has 3 aromatic carbocycles. The van der Waals surface area contributed by atoms with Gasteiger partial charge in [0.15, 0.2) is 11.6 Å². The molecule has 0 bridgehead atoms. The molecular weight excluding hydrogens is 490 g/mol. The maximum atomic E-state index is 15.3. The average Bonchev–Trinajstić information content (AvgIpc) is 2.91. The van der Waals surface area contributed by atoms with Gasteiger partial charge in [-0.2, -0.15) is 0 Å². The molecule has 0 spiro atoms. The largest absolute Gasteiger partial charge is 0.378 e. The maximum absolute atomic E-state index is 15.3. The van der Waals surface area contributed by atoms with Gasteiger partial charge in [-0.3, -0.25) is 14.6 Å². The van der Waals surface area contributed by atoms with Crippen LogP contribution in [0.2, 0.25) is 5.02 Å². The summed E-state index contributed by atoms with van der Waals surface area (Å²) < 4.78 is 34.4. The van der Waals surface area contributed by atoms with Crippen LogP contribution in [0.15, 0.2) is 60.8 Å². The van der Waals surface area contributed by atoms with Crippen molar-refractivity contribution in [3.8, 4) is 0 Å². The summed E-state index contributed by atoms with van der Waals surface area (Å²) in [5, 5.41) is 2.24. The molecule has 1 aliphatic heterocycles. The zero-order valence-corrected chi connectivity index (χ0v) is 19.6. The van der Waals surface area contributed by atoms with E-state index in [4.69, 9.17) is 16.3 Å². The number of ether oxygens (including phenoxy) is 1. The molecule has 0 aliphatic carbocycles. The van der Waals surface area contributed by atoms with Crippen LogP contribution in [0, 0.1) is 11.6 Å². The van der Waals surface area contributed by atoms with Crippen LogP contribution in [0.1, 0.15) is 26.3 Å². The number of hydrogen-bond acceptors (Lipinski definition) is 6. The molecule has 4 aromatic rings. The predicted molar refractivity (Wildman–Crippen MR) is 132 cm³/mol. The van der Waals surface area contributed by atoms with Crippen LogP contribution >= 0.6 is 11.6 Å². The fourth-order valence-corrected chi connectivity index (χ4v) is 4.00. The van der Waals surface area contributed by atoms with E-state index < -0.39 is 23.3 Å². The van der Waals surface area contributed by atoms with Gasteiger partial charge in [-0.25, -0.2) is 13.8 Å². The monoisotopic (exact) mass is 508 g/mol. The van der Waals surface area contributed by atoms with Crippen molar-refractivity contribution in [3.63, 3.8) is 0 Å². The number of benzene rings is 3. The van der Waals surface area contributed by atoms with E-state index in [2.05, 4.69) is 15.3 Å². The van der Waals surface area contributed by atoms with Crippen LogP contribution in [-0.2, 0) is 4.74 Å². The summed E-state index contributed by atoms with van der Waals surface area (Å²) in [6.45, 7) is 2.56. The highest BCUT2D eigenvalue weighted by Gasteiger charge is 2.20. The van der Waals surface area contributed by atoms with Gasteiger partial charge >= 0.3 is 0 Å². The molecule has 36 heavy (non-hydrogen) atoms. The zero-order valence-electron chi connectivity index (χ0n) is 18.8. The van der Waals surface area contributed by atoms with Gasteiger partial charge < -0.3 is 15.0 Å². The van der Waals surface area contributed by atoms with Gasteiger partial charge in [-0.15, -0.1) is 0 Å². The average molecular weight is 509 g/mol. The summed E-state index contributed by atoms with van der Waals surface area (Å²) in [6.07, 6.45) is 1.67. The fraction of sp³-hybridized carbons (Fsp3) is 0.154. The topological polar surface area (TPSA) is 84.4 Å². The molecule has 0 saturated carbocycles. The van der Waals surface area contributed by atoms with Crippen molar-refractivity contribution in [1.82, 2.24) is 9.97 Å². The van der Waals surface area contributed by atoms with Crippen molar-refractivity contribution in [3.05, 3.63) is 94.1 Å². The Hall–Kier alpha value is -3.95. The lowest BCUT2D eigenvalue weighted by molar-refractivity contribution is 0.101. The van der Waals surface area contributed by atoms with Crippen molar-refractivity contribution >= 4 is 45.8 Å². The Balaban J connectivity index is 1.41. The summed E-state index contributed by atoms with van der Waals surface area (Å²) in [7, 11) is 0. The number of aromatic nitrogens is 2. The highest BCUT2D eigenvalue weighted by molar-refractivity contribution is 6.30. The minimum Gasteiger partial charge on any atom is -0.378 e. The Morgan fingerprint density at radius 3 is 2.53 bits per heavy atom. The number of morpholine rings is 1. The fourth-order valence-electron chi connectivity index (χ4n) is 3.88. The first-order valence-electron chi connectivity index (χ1n) is 11.1. The summed E-state index contributed by atoms with van der Waals surface area (Å²) >= 11 is 5.65. The van der Waals surface area contributed by atoms with E-state index >= 15 is 4.39 Å². The summed E-state index contributed by atoms with van der Waals surface area (Å²) in [4.78, 5) is 36.8. The van der Waals surface area contributed by atoms with Crippen molar-refractivity contribution < 1.29 is 23.1 Å². The lowest BCUT2D eigenvalue weighted by Crippen LogP contribution is -2.36. The quantitative estimate of drug-likeness (QED) is 0.387. The molecule has 5 rings (SSSR count). The number of halogens is 3. The second-order valence-corrected chi connectivity index (χ2v) is 8.52. The zero-order chi connectivity index (χ0) is 25.2. The van der Waals surface area contributed by atoms with E-state index in [9.17, 15) is 14.0 Å². The molecule has 7 nitrogen and oxygen atoms in total. The number of rotatable bonds is 5. The Labute approximate surface area is 209 Å². The first-order valence-corrected chi connectivity index (χ1v) is 11.5. The minimum atomic E-state index is -0.904. The van der Waals surface area contributed by atoms with Gasteiger partial charge in [-0.1, -0.05) is 17.7 Å². The van der Waals surface area contributed by atoms with E-state index in [0.717, 1.165) is 6.07 Å². The Bertz CT molecular complexity index is 1490. The molecule has 0 unspecified atom stereocenters. The Kier molecular flexibility index (Phi) is 6.58. The molecule has 1 fully saturated rings. The van der Waals surface area contributed by atoms with Gasteiger partial charge in [0.05, 0.1) is 46.7 Å². The van der Waals surface area contributed by atoms with Crippen LogP contribution in [0.3, 0.4) is 0 Å². The number of nitrogens with zero attached hydrogens (tertiary/aromatic N) is 3. The van der Waals surface area contributed by atoms with E-state index in [0.29, 0.717) is 43.2 Å². The smallest absolute Gasteiger partial charge is 0.255 e. The van der Waals surface area contributed by atoms with E-state index in [1.54, 1.807) is 24.4 Å². The maximum Gasteiger partial charge on any atom is 0.255 e. The molecule has 1 aromatic heterocycles. The van der Waals surface area contributed by atoms with Gasteiger partial charge in [0, 0.05) is 24.2 Å². The molecule has 2 heterocycles. The van der Waals surface area contributed by atoms with Gasteiger partial charge in [0.25, 0.3) is 5.91 Å². The molecular formula is C26H19ClF2N4O3. The normalized spacial score (nSPS) is 13.6. The van der Waals surface area contributed by atoms with Crippen LogP contribution in [-0.4, -0.2) is 48.0 Å². The molecule has 1 amide bonds. The van der Waals surface area contributed by atoms with E-state index in [1.165, 1.54) is 30.3 Å². The number of carbonyl (C=O) groups excluding carboxylic acids is 2. The van der Waals surface area contributed by atoms with Crippen molar-refractivity contribution in [1.29, 1.82) is 0 Å². The molecule has 0 radical (unpaired) electrons. The number of amides is 1. The van der Waals surface area contributed by atoms with Crippen molar-refractivity contribution in [2.75, 3.05) is 36.5 Å². The second-order valence-electron chi connectivity index (χ2n) is 8.11. The number of nitrogens with one attached hydrogen (secondary N) is 1. The lowest BCUT2D eigenvalue weighted by Gasteiger charge is -2.27. The molecule has 10 heteroatoms. The number of hydrogen-bond donors (Lipinski definition) is 1. The minimum absolute atomic E-state index is 0.0443. The van der Waals surface area contributed by atoms with Crippen molar-refractivity contribution in [2.45, 2.75) is 0 Å². The summed E-state index contributed by atoms with van der Waals surface area (Å²) in [5.41, 5.74) is 0.832. The van der Waals surface area contributed by atoms with Gasteiger partial charge in [-0.05, 0) is 48.5 Å². The number of anilines is 2. The molecule has 1 saturated heterocycles. The highest BCUT2D eigenvalue weighted by atomic mass is 35.5. The Morgan fingerprint density at radius 2 is 1.75 bits per heavy atom. The number of ketones is 1. The lowest BCUT2D eigenvalue weighted by atomic mass is 10.0. The molecule has 182 valence electrons. The van der Waals surface area contributed by atoms with Crippen LogP contribution in [0.25, 0.3) is 11.0 Å².